The Balaban J connectivity index is 0.00000141. The van der Waals surface area contributed by atoms with Gasteiger partial charge in [-0.25, -0.2) is 0 Å². The van der Waals surface area contributed by atoms with Gasteiger partial charge in [0, 0.05) is 12.4 Å². The van der Waals surface area contributed by atoms with Crippen LogP contribution in [0.1, 0.15) is 48.2 Å². The fourth-order valence-electron chi connectivity index (χ4n) is 3.41. The predicted octanol–water partition coefficient (Wildman–Crippen LogP) is 7.73. The standard InChI is InChI=1S/C28H24N2.C2H6/c1-5-13-23(14-6-1)21-29-27(25-17-9-3-10-18-25)28(26-19-11-4-12-20-26)30-22-24-15-7-2-8-16-24;1-2/h1-22,27-28H;1-2H3/t27-,28-;/m0./s1. The normalized spacial score (nSPS) is 12.8. The summed E-state index contributed by atoms with van der Waals surface area (Å²) in [5.41, 5.74) is 4.45. The Morgan fingerprint density at radius 2 is 0.719 bits per heavy atom. The van der Waals surface area contributed by atoms with Crippen LogP contribution in [0.25, 0.3) is 0 Å². The van der Waals surface area contributed by atoms with Crippen LogP contribution in [0.15, 0.2) is 131 Å². The van der Waals surface area contributed by atoms with E-state index < -0.39 is 0 Å². The molecule has 0 unspecified atom stereocenters. The first-order valence-corrected chi connectivity index (χ1v) is 11.2. The van der Waals surface area contributed by atoms with Crippen molar-refractivity contribution in [1.82, 2.24) is 0 Å². The van der Waals surface area contributed by atoms with Gasteiger partial charge in [0.05, 0.1) is 0 Å². The van der Waals surface area contributed by atoms with Crippen LogP contribution in [0.4, 0.5) is 0 Å². The second-order valence-electron chi connectivity index (χ2n) is 7.09. The highest BCUT2D eigenvalue weighted by Gasteiger charge is 2.23. The Bertz CT molecular complexity index is 982. The van der Waals surface area contributed by atoms with Gasteiger partial charge in [-0.2, -0.15) is 0 Å². The minimum absolute atomic E-state index is 0.131. The third-order valence-corrected chi connectivity index (χ3v) is 4.95. The van der Waals surface area contributed by atoms with Crippen molar-refractivity contribution in [2.24, 2.45) is 9.98 Å². The van der Waals surface area contributed by atoms with Gasteiger partial charge in [-0.3, -0.25) is 9.98 Å². The molecular formula is C30H30N2. The van der Waals surface area contributed by atoms with E-state index in [1.807, 2.05) is 74.8 Å². The molecule has 160 valence electrons. The first kappa shape index (κ1) is 22.9. The number of nitrogens with zero attached hydrogens (tertiary/aromatic N) is 2. The molecule has 0 radical (unpaired) electrons. The molecule has 32 heavy (non-hydrogen) atoms. The van der Waals surface area contributed by atoms with E-state index in [0.717, 1.165) is 22.3 Å². The molecule has 2 atom stereocenters. The molecule has 0 aliphatic carbocycles. The number of aliphatic imine (C=N–C) groups is 2. The van der Waals surface area contributed by atoms with Crippen LogP contribution in [-0.4, -0.2) is 12.4 Å². The molecule has 0 N–H and O–H groups in total. The minimum atomic E-state index is -0.131. The molecule has 0 spiro atoms. The van der Waals surface area contributed by atoms with Crippen molar-refractivity contribution in [1.29, 1.82) is 0 Å². The van der Waals surface area contributed by atoms with Crippen LogP contribution in [0.2, 0.25) is 0 Å². The molecule has 0 aromatic heterocycles. The maximum Gasteiger partial charge on any atom is 0.101 e. The molecule has 0 aliphatic rings. The highest BCUT2D eigenvalue weighted by Crippen LogP contribution is 2.35. The monoisotopic (exact) mass is 418 g/mol. The Hall–Kier alpha value is -3.78. The molecule has 0 fully saturated rings. The van der Waals surface area contributed by atoms with Gasteiger partial charge in [-0.1, -0.05) is 135 Å². The average Bonchev–Trinajstić information content (AvgIpc) is 2.89. The van der Waals surface area contributed by atoms with E-state index in [-0.39, 0.29) is 12.1 Å². The lowest BCUT2D eigenvalue weighted by atomic mass is 9.94. The van der Waals surface area contributed by atoms with E-state index >= 15 is 0 Å². The van der Waals surface area contributed by atoms with Gasteiger partial charge in [0.2, 0.25) is 0 Å². The Morgan fingerprint density at radius 1 is 0.438 bits per heavy atom. The molecule has 0 bridgehead atoms. The highest BCUT2D eigenvalue weighted by molar-refractivity contribution is 5.80. The summed E-state index contributed by atoms with van der Waals surface area (Å²) in [6, 6.07) is 41.0. The lowest BCUT2D eigenvalue weighted by Crippen LogP contribution is -2.09. The van der Waals surface area contributed by atoms with Crippen LogP contribution in [0.5, 0.6) is 0 Å². The number of hydrogen-bond donors (Lipinski definition) is 0. The predicted molar refractivity (Wildman–Crippen MR) is 138 cm³/mol. The summed E-state index contributed by atoms with van der Waals surface area (Å²) in [7, 11) is 0. The SMILES string of the molecule is C(=N[C@@H](c1ccccc1)[C@@H](N=Cc1ccccc1)c1ccccc1)c1ccccc1.CC. The third-order valence-electron chi connectivity index (χ3n) is 4.95. The van der Waals surface area contributed by atoms with Crippen molar-refractivity contribution in [2.75, 3.05) is 0 Å². The zero-order valence-corrected chi connectivity index (χ0v) is 18.8. The number of benzene rings is 4. The minimum Gasteiger partial charge on any atom is -0.282 e. The molecule has 4 aromatic rings. The van der Waals surface area contributed by atoms with Crippen molar-refractivity contribution in [3.05, 3.63) is 144 Å². The Kier molecular flexibility index (Phi) is 9.17. The van der Waals surface area contributed by atoms with Crippen LogP contribution < -0.4 is 0 Å². The van der Waals surface area contributed by atoms with Crippen LogP contribution in [0.3, 0.4) is 0 Å². The third kappa shape index (κ3) is 6.61. The molecule has 0 heterocycles. The zero-order valence-electron chi connectivity index (χ0n) is 18.8. The lowest BCUT2D eigenvalue weighted by molar-refractivity contribution is 0.583. The summed E-state index contributed by atoms with van der Waals surface area (Å²) >= 11 is 0. The topological polar surface area (TPSA) is 24.7 Å². The summed E-state index contributed by atoms with van der Waals surface area (Å²) in [5, 5.41) is 0. The van der Waals surface area contributed by atoms with Crippen LogP contribution in [0, 0.1) is 0 Å². The fourth-order valence-corrected chi connectivity index (χ4v) is 3.41. The molecule has 0 saturated heterocycles. The second kappa shape index (κ2) is 12.8. The summed E-state index contributed by atoms with van der Waals surface area (Å²) < 4.78 is 0. The first-order valence-electron chi connectivity index (χ1n) is 11.2. The average molecular weight is 419 g/mol. The molecule has 2 heteroatoms. The maximum atomic E-state index is 5.01. The smallest absolute Gasteiger partial charge is 0.101 e. The van der Waals surface area contributed by atoms with E-state index in [4.69, 9.17) is 9.98 Å². The van der Waals surface area contributed by atoms with Gasteiger partial charge < -0.3 is 0 Å². The van der Waals surface area contributed by atoms with E-state index in [1.165, 1.54) is 0 Å². The maximum absolute atomic E-state index is 5.01. The summed E-state index contributed by atoms with van der Waals surface area (Å²) in [6.45, 7) is 4.00. The highest BCUT2D eigenvalue weighted by atomic mass is 14.9. The van der Waals surface area contributed by atoms with E-state index in [0.29, 0.717) is 0 Å². The number of hydrogen-bond acceptors (Lipinski definition) is 2. The summed E-state index contributed by atoms with van der Waals surface area (Å²) in [5.74, 6) is 0. The van der Waals surface area contributed by atoms with E-state index in [9.17, 15) is 0 Å². The van der Waals surface area contributed by atoms with Gasteiger partial charge in [0.15, 0.2) is 0 Å². The molecular weight excluding hydrogens is 388 g/mol. The number of rotatable bonds is 7. The zero-order chi connectivity index (χ0) is 22.4. The van der Waals surface area contributed by atoms with Crippen molar-refractivity contribution >= 4 is 12.4 Å². The molecule has 0 saturated carbocycles. The van der Waals surface area contributed by atoms with Crippen molar-refractivity contribution < 1.29 is 0 Å². The molecule has 4 rings (SSSR count). The Labute approximate surface area is 192 Å². The van der Waals surface area contributed by atoms with Gasteiger partial charge >= 0.3 is 0 Å². The molecule has 0 aliphatic heterocycles. The summed E-state index contributed by atoms with van der Waals surface area (Å²) in [6.07, 6.45) is 3.90. The second-order valence-corrected chi connectivity index (χ2v) is 7.09. The summed E-state index contributed by atoms with van der Waals surface area (Å²) in [4.78, 5) is 10.0. The quantitative estimate of drug-likeness (QED) is 0.274. The van der Waals surface area contributed by atoms with E-state index in [1.54, 1.807) is 0 Å². The molecule has 4 aromatic carbocycles. The van der Waals surface area contributed by atoms with Gasteiger partial charge in [0.25, 0.3) is 0 Å². The van der Waals surface area contributed by atoms with Crippen LogP contribution >= 0.6 is 0 Å². The largest absolute Gasteiger partial charge is 0.282 e. The van der Waals surface area contributed by atoms with Crippen molar-refractivity contribution in [3.8, 4) is 0 Å². The lowest BCUT2D eigenvalue weighted by Gasteiger charge is -2.22. The molecule has 2 nitrogen and oxygen atoms in total. The first-order chi connectivity index (χ1) is 15.9. The van der Waals surface area contributed by atoms with Gasteiger partial charge in [-0.05, 0) is 22.3 Å². The molecule has 0 amide bonds. The van der Waals surface area contributed by atoms with Crippen LogP contribution in [-0.2, 0) is 0 Å². The fraction of sp³-hybridized carbons (Fsp3) is 0.133. The van der Waals surface area contributed by atoms with Crippen molar-refractivity contribution in [2.45, 2.75) is 25.9 Å². The Morgan fingerprint density at radius 3 is 1.03 bits per heavy atom. The van der Waals surface area contributed by atoms with Gasteiger partial charge in [0.1, 0.15) is 12.1 Å². The van der Waals surface area contributed by atoms with Crippen molar-refractivity contribution in [3.63, 3.8) is 0 Å². The van der Waals surface area contributed by atoms with E-state index in [2.05, 4.69) is 72.8 Å². The van der Waals surface area contributed by atoms with Gasteiger partial charge in [-0.15, -0.1) is 0 Å².